The van der Waals surface area contributed by atoms with Crippen LogP contribution in [0, 0.1) is 11.3 Å². The van der Waals surface area contributed by atoms with E-state index in [2.05, 4.69) is 11.4 Å². The number of hydrogen-bond acceptors (Lipinski definition) is 3. The number of amides is 1. The van der Waals surface area contributed by atoms with E-state index in [1.54, 1.807) is 42.5 Å². The minimum atomic E-state index is -0.312. The molecule has 0 saturated heterocycles. The minimum Gasteiger partial charge on any atom is -0.341 e. The Labute approximate surface area is 156 Å². The number of benzene rings is 2. The molecule has 0 saturated carbocycles. The fourth-order valence-corrected chi connectivity index (χ4v) is 3.54. The van der Waals surface area contributed by atoms with Gasteiger partial charge in [-0.3, -0.25) is 9.59 Å². The van der Waals surface area contributed by atoms with Gasteiger partial charge in [0, 0.05) is 23.5 Å². The van der Waals surface area contributed by atoms with E-state index in [0.29, 0.717) is 35.5 Å². The van der Waals surface area contributed by atoms with Gasteiger partial charge in [0.25, 0.3) is 0 Å². The van der Waals surface area contributed by atoms with Gasteiger partial charge in [0.2, 0.25) is 11.7 Å². The molecule has 2 heterocycles. The van der Waals surface area contributed by atoms with E-state index in [0.717, 1.165) is 5.69 Å². The Morgan fingerprint density at radius 1 is 1.04 bits per heavy atom. The van der Waals surface area contributed by atoms with Gasteiger partial charge in [0.05, 0.1) is 23.2 Å². The number of carbonyl (C=O) groups is 2. The molecule has 0 aliphatic carbocycles. The second kappa shape index (κ2) is 6.93. The van der Waals surface area contributed by atoms with E-state index in [-0.39, 0.29) is 17.6 Å². The van der Waals surface area contributed by atoms with Gasteiger partial charge in [0.15, 0.2) is 0 Å². The van der Waals surface area contributed by atoms with Gasteiger partial charge in [-0.15, -0.1) is 0 Å². The first-order chi connectivity index (χ1) is 13.2. The summed E-state index contributed by atoms with van der Waals surface area (Å²) in [6.45, 7) is 0.632. The highest BCUT2D eigenvalue weighted by Crippen LogP contribution is 2.32. The number of aromatic nitrogens is 1. The van der Waals surface area contributed by atoms with Crippen LogP contribution in [0.5, 0.6) is 0 Å². The van der Waals surface area contributed by atoms with E-state index in [9.17, 15) is 9.59 Å². The van der Waals surface area contributed by atoms with E-state index in [1.807, 2.05) is 28.8 Å². The average Bonchev–Trinajstić information content (AvgIpc) is 3.30. The van der Waals surface area contributed by atoms with Gasteiger partial charge in [0.1, 0.15) is 0 Å². The topological polar surface area (TPSA) is 74.9 Å². The van der Waals surface area contributed by atoms with Gasteiger partial charge in [-0.05, 0) is 36.8 Å². The van der Waals surface area contributed by atoms with Crippen LogP contribution in [0.15, 0.2) is 66.7 Å². The maximum Gasteiger partial charge on any atom is 0.233 e. The zero-order valence-electron chi connectivity index (χ0n) is 14.6. The molecule has 0 unspecified atom stereocenters. The Morgan fingerprint density at radius 2 is 1.85 bits per heavy atom. The average molecular weight is 355 g/mol. The highest BCUT2D eigenvalue weighted by Gasteiger charge is 2.32. The molecule has 27 heavy (non-hydrogen) atoms. The third-order valence-corrected chi connectivity index (χ3v) is 4.86. The monoisotopic (exact) mass is 355 g/mol. The lowest BCUT2D eigenvalue weighted by Crippen LogP contribution is -2.19. The fraction of sp³-hybridized carbons (Fsp3) is 0.136. The predicted octanol–water partition coefficient (Wildman–Crippen LogP) is 3.72. The molecule has 0 fully saturated rings. The first-order valence-electron chi connectivity index (χ1n) is 8.77. The van der Waals surface area contributed by atoms with Gasteiger partial charge in [-0.2, -0.15) is 5.26 Å². The lowest BCUT2D eigenvalue weighted by molar-refractivity contribution is -0.117. The molecular formula is C22H17N3O2. The minimum absolute atomic E-state index is 0.0374. The molecule has 3 aromatic rings. The highest BCUT2D eigenvalue weighted by atomic mass is 16.2. The molecule has 0 spiro atoms. The summed E-state index contributed by atoms with van der Waals surface area (Å²) in [6.07, 6.45) is 0.648. The zero-order chi connectivity index (χ0) is 18.8. The Balaban J connectivity index is 1.56. The van der Waals surface area contributed by atoms with Crippen molar-refractivity contribution >= 4 is 17.4 Å². The number of anilines is 1. The Hall–Kier alpha value is -3.65. The van der Waals surface area contributed by atoms with Crippen LogP contribution in [0.1, 0.15) is 39.6 Å². The molecule has 1 atom stereocenters. The summed E-state index contributed by atoms with van der Waals surface area (Å²) in [4.78, 5) is 25.5. The van der Waals surface area contributed by atoms with Gasteiger partial charge < -0.3 is 9.88 Å². The number of rotatable bonds is 4. The number of nitrogens with one attached hydrogen (secondary N) is 1. The molecule has 1 N–H and O–H groups in total. The second-order valence-electron chi connectivity index (χ2n) is 6.51. The smallest absolute Gasteiger partial charge is 0.233 e. The molecular weight excluding hydrogens is 338 g/mol. The normalized spacial score (nSPS) is 15.0. The molecule has 5 nitrogen and oxygen atoms in total. The van der Waals surface area contributed by atoms with Crippen molar-refractivity contribution in [3.05, 3.63) is 89.2 Å². The molecule has 0 bridgehead atoms. The number of ketones is 1. The van der Waals surface area contributed by atoms with Crippen molar-refractivity contribution in [2.75, 3.05) is 5.32 Å². The number of nitriles is 1. The number of fused-ring (bicyclic) bond motifs is 1. The summed E-state index contributed by atoms with van der Waals surface area (Å²) in [5, 5.41) is 11.9. The molecule has 1 aliphatic heterocycles. The van der Waals surface area contributed by atoms with Crippen molar-refractivity contribution in [1.82, 2.24) is 4.57 Å². The standard InChI is InChI=1S/C22H17N3O2/c23-14-15-5-4-8-17(13-15)24-22(27)18-11-12-25-19(18)9-10-20(25)21(26)16-6-2-1-3-7-16/h1-10,13,18H,11-12H2,(H,24,27)/t18-/m0/s1. The van der Waals surface area contributed by atoms with Gasteiger partial charge in [-0.25, -0.2) is 0 Å². The van der Waals surface area contributed by atoms with Crippen LogP contribution in [0.4, 0.5) is 5.69 Å². The number of nitrogens with zero attached hydrogens (tertiary/aromatic N) is 2. The van der Waals surface area contributed by atoms with Gasteiger partial charge in [-0.1, -0.05) is 36.4 Å². The fourth-order valence-electron chi connectivity index (χ4n) is 3.54. The van der Waals surface area contributed by atoms with Crippen LogP contribution in [0.3, 0.4) is 0 Å². The molecule has 1 aliphatic rings. The van der Waals surface area contributed by atoms with Gasteiger partial charge >= 0.3 is 0 Å². The number of carbonyl (C=O) groups excluding carboxylic acids is 2. The van der Waals surface area contributed by atoms with Crippen molar-refractivity contribution in [3.8, 4) is 6.07 Å². The Morgan fingerprint density at radius 3 is 2.63 bits per heavy atom. The summed E-state index contributed by atoms with van der Waals surface area (Å²) in [7, 11) is 0. The summed E-state index contributed by atoms with van der Waals surface area (Å²) < 4.78 is 1.94. The van der Waals surface area contributed by atoms with E-state index >= 15 is 0 Å². The summed E-state index contributed by atoms with van der Waals surface area (Å²) in [6, 6.07) is 21.7. The first-order valence-corrected chi connectivity index (χ1v) is 8.77. The van der Waals surface area contributed by atoms with E-state index in [4.69, 9.17) is 5.26 Å². The third kappa shape index (κ3) is 3.13. The summed E-state index contributed by atoms with van der Waals surface area (Å²) in [5.41, 5.74) is 3.20. The molecule has 5 heteroatoms. The lowest BCUT2D eigenvalue weighted by atomic mass is 10.0. The molecule has 1 aromatic heterocycles. The van der Waals surface area contributed by atoms with Crippen molar-refractivity contribution in [3.63, 3.8) is 0 Å². The maximum atomic E-state index is 12.8. The largest absolute Gasteiger partial charge is 0.341 e. The number of hydrogen-bond donors (Lipinski definition) is 1. The van der Waals surface area contributed by atoms with Crippen molar-refractivity contribution in [2.45, 2.75) is 18.9 Å². The van der Waals surface area contributed by atoms with E-state index in [1.165, 1.54) is 0 Å². The van der Waals surface area contributed by atoms with Crippen LogP contribution in [0.2, 0.25) is 0 Å². The third-order valence-electron chi connectivity index (χ3n) is 4.86. The quantitative estimate of drug-likeness (QED) is 0.725. The highest BCUT2D eigenvalue weighted by molar-refractivity contribution is 6.08. The lowest BCUT2D eigenvalue weighted by Gasteiger charge is -2.11. The second-order valence-corrected chi connectivity index (χ2v) is 6.51. The van der Waals surface area contributed by atoms with Crippen LogP contribution < -0.4 is 5.32 Å². The van der Waals surface area contributed by atoms with Crippen LogP contribution in [-0.2, 0) is 11.3 Å². The Bertz CT molecular complexity index is 1060. The van der Waals surface area contributed by atoms with Crippen molar-refractivity contribution in [2.24, 2.45) is 0 Å². The Kier molecular flexibility index (Phi) is 4.31. The van der Waals surface area contributed by atoms with Crippen LogP contribution in [0.25, 0.3) is 0 Å². The summed E-state index contributed by atoms with van der Waals surface area (Å²) >= 11 is 0. The molecule has 132 valence electrons. The molecule has 0 radical (unpaired) electrons. The predicted molar refractivity (Wildman–Crippen MR) is 101 cm³/mol. The zero-order valence-corrected chi connectivity index (χ0v) is 14.6. The SMILES string of the molecule is N#Cc1cccc(NC(=O)[C@H]2CCn3c(C(=O)c4ccccc4)ccc32)c1. The maximum absolute atomic E-state index is 12.8. The van der Waals surface area contributed by atoms with Crippen LogP contribution >= 0.6 is 0 Å². The molecule has 4 rings (SSSR count). The summed E-state index contributed by atoms with van der Waals surface area (Å²) in [5.74, 6) is -0.474. The van der Waals surface area contributed by atoms with Crippen LogP contribution in [-0.4, -0.2) is 16.3 Å². The first kappa shape index (κ1) is 16.8. The molecule has 2 aromatic carbocycles. The van der Waals surface area contributed by atoms with E-state index < -0.39 is 0 Å². The molecule has 1 amide bonds. The van der Waals surface area contributed by atoms with Crippen molar-refractivity contribution in [1.29, 1.82) is 5.26 Å². The van der Waals surface area contributed by atoms with Crippen molar-refractivity contribution < 1.29 is 9.59 Å².